The van der Waals surface area contributed by atoms with Crippen LogP contribution in [0.1, 0.15) is 13.3 Å². The number of hydrogen-bond donors (Lipinski definition) is 3. The highest BCUT2D eigenvalue weighted by Gasteiger charge is 2.10. The molecule has 0 aliphatic heterocycles. The fraction of sp³-hybridized carbons (Fsp3) is 0.600. The molecular weight excluding hydrogens is 208 g/mol. The van der Waals surface area contributed by atoms with Crippen molar-refractivity contribution < 1.29 is 9.84 Å². The van der Waals surface area contributed by atoms with Gasteiger partial charge in [-0.2, -0.15) is 0 Å². The van der Waals surface area contributed by atoms with E-state index in [0.717, 1.165) is 6.42 Å². The lowest BCUT2D eigenvalue weighted by Gasteiger charge is -2.14. The van der Waals surface area contributed by atoms with Crippen molar-refractivity contribution in [2.45, 2.75) is 13.3 Å². The first-order valence-electron chi connectivity index (χ1n) is 5.18. The summed E-state index contributed by atoms with van der Waals surface area (Å²) in [6.45, 7) is 2.93. The number of methoxy groups -OCH3 is 1. The highest BCUT2D eigenvalue weighted by Crippen LogP contribution is 2.26. The predicted octanol–water partition coefficient (Wildman–Crippen LogP) is 0.498. The third kappa shape index (κ3) is 3.23. The van der Waals surface area contributed by atoms with E-state index in [4.69, 9.17) is 15.6 Å². The highest BCUT2D eigenvalue weighted by molar-refractivity contribution is 5.61. The maximum absolute atomic E-state index is 8.78. The number of rotatable bonds is 6. The fourth-order valence-electron chi connectivity index (χ4n) is 1.31. The molecule has 4 N–H and O–H groups in total. The molecule has 1 heterocycles. The van der Waals surface area contributed by atoms with Crippen molar-refractivity contribution in [2.24, 2.45) is 5.92 Å². The van der Waals surface area contributed by atoms with E-state index < -0.39 is 0 Å². The number of hydrogen-bond acceptors (Lipinski definition) is 6. The van der Waals surface area contributed by atoms with Crippen molar-refractivity contribution in [3.8, 4) is 5.75 Å². The summed E-state index contributed by atoms with van der Waals surface area (Å²) in [7, 11) is 1.53. The Morgan fingerprint density at radius 1 is 1.56 bits per heavy atom. The monoisotopic (exact) mass is 226 g/mol. The normalized spacial score (nSPS) is 12.2. The average molecular weight is 226 g/mol. The SMILES string of the molecule is COc1c(N)ncnc1NCC(C)CCO. The van der Waals surface area contributed by atoms with Crippen molar-refractivity contribution in [1.82, 2.24) is 9.97 Å². The Morgan fingerprint density at radius 2 is 2.31 bits per heavy atom. The zero-order valence-electron chi connectivity index (χ0n) is 9.60. The molecule has 0 aliphatic carbocycles. The smallest absolute Gasteiger partial charge is 0.203 e. The Kier molecular flexibility index (Phi) is 4.78. The van der Waals surface area contributed by atoms with E-state index in [2.05, 4.69) is 15.3 Å². The van der Waals surface area contributed by atoms with Crippen molar-refractivity contribution in [3.05, 3.63) is 6.33 Å². The van der Waals surface area contributed by atoms with Gasteiger partial charge in [0.1, 0.15) is 6.33 Å². The van der Waals surface area contributed by atoms with Crippen LogP contribution in [-0.4, -0.2) is 35.3 Å². The minimum absolute atomic E-state index is 0.186. The second kappa shape index (κ2) is 6.12. The largest absolute Gasteiger partial charge is 0.490 e. The van der Waals surface area contributed by atoms with Crippen LogP contribution in [0, 0.1) is 5.92 Å². The number of ether oxygens (including phenoxy) is 1. The van der Waals surface area contributed by atoms with Crippen LogP contribution in [0.15, 0.2) is 6.33 Å². The second-order valence-corrected chi connectivity index (χ2v) is 3.64. The molecule has 0 radical (unpaired) electrons. The molecule has 0 aliphatic rings. The van der Waals surface area contributed by atoms with Gasteiger partial charge in [0.05, 0.1) is 7.11 Å². The molecule has 0 fully saturated rings. The molecule has 90 valence electrons. The van der Waals surface area contributed by atoms with E-state index in [1.807, 2.05) is 6.92 Å². The first kappa shape index (κ1) is 12.5. The number of aromatic nitrogens is 2. The lowest BCUT2D eigenvalue weighted by molar-refractivity contribution is 0.265. The zero-order chi connectivity index (χ0) is 12.0. The van der Waals surface area contributed by atoms with Gasteiger partial charge in [-0.25, -0.2) is 9.97 Å². The Hall–Kier alpha value is -1.56. The van der Waals surface area contributed by atoms with E-state index in [0.29, 0.717) is 29.8 Å². The van der Waals surface area contributed by atoms with Gasteiger partial charge in [-0.1, -0.05) is 6.92 Å². The molecule has 6 heteroatoms. The molecule has 0 amide bonds. The van der Waals surface area contributed by atoms with Crippen LogP contribution in [0.4, 0.5) is 11.6 Å². The Labute approximate surface area is 94.9 Å². The van der Waals surface area contributed by atoms with Gasteiger partial charge in [0.25, 0.3) is 0 Å². The molecule has 0 saturated heterocycles. The van der Waals surface area contributed by atoms with Gasteiger partial charge in [0.2, 0.25) is 5.75 Å². The molecule has 6 nitrogen and oxygen atoms in total. The predicted molar refractivity (Wildman–Crippen MR) is 62.4 cm³/mol. The van der Waals surface area contributed by atoms with Crippen LogP contribution in [0.5, 0.6) is 5.75 Å². The molecule has 0 saturated carbocycles. The lowest BCUT2D eigenvalue weighted by atomic mass is 10.1. The van der Waals surface area contributed by atoms with Crippen molar-refractivity contribution in [2.75, 3.05) is 31.3 Å². The van der Waals surface area contributed by atoms with Gasteiger partial charge < -0.3 is 20.9 Å². The second-order valence-electron chi connectivity index (χ2n) is 3.64. The Bertz CT molecular complexity index is 333. The summed E-state index contributed by atoms with van der Waals surface area (Å²) in [4.78, 5) is 7.89. The van der Waals surface area contributed by atoms with E-state index in [1.54, 1.807) is 0 Å². The van der Waals surface area contributed by atoms with E-state index in [9.17, 15) is 0 Å². The van der Waals surface area contributed by atoms with E-state index in [1.165, 1.54) is 13.4 Å². The van der Waals surface area contributed by atoms with Crippen molar-refractivity contribution in [1.29, 1.82) is 0 Å². The van der Waals surface area contributed by atoms with Crippen LogP contribution in [0.3, 0.4) is 0 Å². The molecule has 0 bridgehead atoms. The maximum atomic E-state index is 8.78. The van der Waals surface area contributed by atoms with E-state index >= 15 is 0 Å². The Balaban J connectivity index is 2.63. The summed E-state index contributed by atoms with van der Waals surface area (Å²) >= 11 is 0. The summed E-state index contributed by atoms with van der Waals surface area (Å²) < 4.78 is 5.11. The van der Waals surface area contributed by atoms with Crippen LogP contribution in [-0.2, 0) is 0 Å². The third-order valence-corrected chi connectivity index (χ3v) is 2.28. The van der Waals surface area contributed by atoms with E-state index in [-0.39, 0.29) is 6.61 Å². The number of aliphatic hydroxyl groups excluding tert-OH is 1. The summed E-state index contributed by atoms with van der Waals surface area (Å²) in [5, 5.41) is 11.9. The number of nitrogens with zero attached hydrogens (tertiary/aromatic N) is 2. The summed E-state index contributed by atoms with van der Waals surface area (Å²) in [6.07, 6.45) is 2.13. The van der Waals surface area contributed by atoms with Crippen LogP contribution in [0.2, 0.25) is 0 Å². The fourth-order valence-corrected chi connectivity index (χ4v) is 1.31. The standard InChI is InChI=1S/C10H18N4O2/c1-7(3-4-15)5-12-10-8(16-2)9(11)13-6-14-10/h6-7,15H,3-5H2,1-2H3,(H3,11,12,13,14). The quantitative estimate of drug-likeness (QED) is 0.654. The summed E-state index contributed by atoms with van der Waals surface area (Å²) in [5.74, 6) is 1.71. The average Bonchev–Trinajstić information content (AvgIpc) is 2.27. The number of nitrogens with one attached hydrogen (secondary N) is 1. The summed E-state index contributed by atoms with van der Waals surface area (Å²) in [6, 6.07) is 0. The lowest BCUT2D eigenvalue weighted by Crippen LogP contribution is -2.14. The minimum Gasteiger partial charge on any atom is -0.490 e. The van der Waals surface area contributed by atoms with Crippen molar-refractivity contribution in [3.63, 3.8) is 0 Å². The maximum Gasteiger partial charge on any atom is 0.203 e. The molecule has 1 aromatic rings. The first-order valence-corrected chi connectivity index (χ1v) is 5.18. The van der Waals surface area contributed by atoms with Gasteiger partial charge in [0.15, 0.2) is 11.6 Å². The molecule has 1 unspecified atom stereocenters. The van der Waals surface area contributed by atoms with Gasteiger partial charge >= 0.3 is 0 Å². The first-order chi connectivity index (χ1) is 7.69. The topological polar surface area (TPSA) is 93.3 Å². The molecule has 1 atom stereocenters. The zero-order valence-corrected chi connectivity index (χ0v) is 9.60. The third-order valence-electron chi connectivity index (χ3n) is 2.28. The molecule has 16 heavy (non-hydrogen) atoms. The highest BCUT2D eigenvalue weighted by atomic mass is 16.5. The van der Waals surface area contributed by atoms with Gasteiger partial charge in [-0.05, 0) is 12.3 Å². The minimum atomic E-state index is 0.186. The number of nitrogen functional groups attached to an aromatic ring is 1. The summed E-state index contributed by atoms with van der Waals surface area (Å²) in [5.41, 5.74) is 5.64. The molecule has 0 spiro atoms. The molecular formula is C10H18N4O2. The van der Waals surface area contributed by atoms with Gasteiger partial charge in [-0.15, -0.1) is 0 Å². The van der Waals surface area contributed by atoms with Crippen LogP contribution in [0.25, 0.3) is 0 Å². The number of anilines is 2. The molecule has 1 aromatic heterocycles. The van der Waals surface area contributed by atoms with Crippen molar-refractivity contribution >= 4 is 11.6 Å². The van der Waals surface area contributed by atoms with Crippen LogP contribution < -0.4 is 15.8 Å². The van der Waals surface area contributed by atoms with Gasteiger partial charge in [0, 0.05) is 13.2 Å². The number of nitrogens with two attached hydrogens (primary N) is 1. The van der Waals surface area contributed by atoms with Gasteiger partial charge in [-0.3, -0.25) is 0 Å². The molecule has 1 rings (SSSR count). The molecule has 0 aromatic carbocycles. The number of aliphatic hydroxyl groups is 1. The Morgan fingerprint density at radius 3 is 2.94 bits per heavy atom. The van der Waals surface area contributed by atoms with Crippen LogP contribution >= 0.6 is 0 Å².